The van der Waals surface area contributed by atoms with Crippen molar-refractivity contribution in [2.75, 3.05) is 12.3 Å². The van der Waals surface area contributed by atoms with Crippen molar-refractivity contribution in [3.8, 4) is 0 Å². The molecule has 1 rings (SSSR count). The second-order valence-corrected chi connectivity index (χ2v) is 5.56. The van der Waals surface area contributed by atoms with Crippen LogP contribution in [0.15, 0.2) is 4.99 Å². The summed E-state index contributed by atoms with van der Waals surface area (Å²) in [6.07, 6.45) is 1.25. The molecule has 0 saturated carbocycles. The normalized spacial score (nSPS) is 27.4. The molecule has 0 aromatic carbocycles. The Bertz CT molecular complexity index is 194. The highest BCUT2D eigenvalue weighted by atomic mass is 32.2. The molecule has 0 aromatic rings. The van der Waals surface area contributed by atoms with Gasteiger partial charge in [-0.3, -0.25) is 4.99 Å². The highest BCUT2D eigenvalue weighted by molar-refractivity contribution is 8.13. The van der Waals surface area contributed by atoms with Gasteiger partial charge in [0, 0.05) is 18.3 Å². The van der Waals surface area contributed by atoms with E-state index in [2.05, 4.69) is 38.0 Å². The minimum absolute atomic E-state index is 0.343. The molecule has 2 nitrogen and oxygen atoms in total. The standard InChI is InChI=1S/C10H20N2S/c1-5-11-9-12-8(6-7-13-9)10(2,3)4/h8H,5-7H2,1-4H3,(H,11,12). The van der Waals surface area contributed by atoms with Crippen molar-refractivity contribution in [2.24, 2.45) is 10.4 Å². The Kier molecular flexibility index (Phi) is 3.65. The van der Waals surface area contributed by atoms with Crippen LogP contribution >= 0.6 is 11.8 Å². The number of rotatable bonds is 1. The number of amidine groups is 1. The van der Waals surface area contributed by atoms with Crippen LogP contribution in [0, 0.1) is 5.41 Å². The van der Waals surface area contributed by atoms with Gasteiger partial charge in [-0.25, -0.2) is 0 Å². The molecule has 0 amide bonds. The van der Waals surface area contributed by atoms with E-state index < -0.39 is 0 Å². The maximum Gasteiger partial charge on any atom is 0.156 e. The Morgan fingerprint density at radius 1 is 1.54 bits per heavy atom. The summed E-state index contributed by atoms with van der Waals surface area (Å²) in [4.78, 5) is 4.42. The lowest BCUT2D eigenvalue weighted by molar-refractivity contribution is 0.290. The summed E-state index contributed by atoms with van der Waals surface area (Å²) in [7, 11) is 0. The van der Waals surface area contributed by atoms with Gasteiger partial charge >= 0.3 is 0 Å². The van der Waals surface area contributed by atoms with Crippen molar-refractivity contribution in [3.63, 3.8) is 0 Å². The van der Waals surface area contributed by atoms with Crippen LogP contribution in [0.4, 0.5) is 0 Å². The number of hydrogen-bond acceptors (Lipinski definition) is 2. The molecule has 1 saturated heterocycles. The summed E-state index contributed by atoms with van der Waals surface area (Å²) in [5.74, 6) is 1.20. The van der Waals surface area contributed by atoms with Crippen LogP contribution in [0.25, 0.3) is 0 Å². The molecule has 0 aliphatic carbocycles. The second-order valence-electron chi connectivity index (χ2n) is 4.48. The first kappa shape index (κ1) is 10.9. The summed E-state index contributed by atoms with van der Waals surface area (Å²) in [6, 6.07) is 0.582. The molecule has 13 heavy (non-hydrogen) atoms. The van der Waals surface area contributed by atoms with Crippen LogP contribution in [0.5, 0.6) is 0 Å². The summed E-state index contributed by atoms with van der Waals surface area (Å²) in [6.45, 7) is 9.81. The second kappa shape index (κ2) is 4.36. The molecule has 76 valence electrons. The lowest BCUT2D eigenvalue weighted by atomic mass is 9.85. The third-order valence-corrected chi connectivity index (χ3v) is 3.25. The van der Waals surface area contributed by atoms with Crippen molar-refractivity contribution in [1.82, 2.24) is 5.32 Å². The molecule has 1 aliphatic heterocycles. The predicted molar refractivity (Wildman–Crippen MR) is 61.4 cm³/mol. The van der Waals surface area contributed by atoms with Crippen LogP contribution in [-0.2, 0) is 0 Å². The highest BCUT2D eigenvalue weighted by Crippen LogP contribution is 2.27. The Balaban J connectivity index is 2.57. The lowest BCUT2D eigenvalue weighted by Crippen LogP contribution is -2.46. The Morgan fingerprint density at radius 2 is 2.23 bits per heavy atom. The van der Waals surface area contributed by atoms with Crippen molar-refractivity contribution >= 4 is 16.9 Å². The van der Waals surface area contributed by atoms with Crippen molar-refractivity contribution in [1.29, 1.82) is 0 Å². The monoisotopic (exact) mass is 200 g/mol. The van der Waals surface area contributed by atoms with Gasteiger partial charge in [-0.2, -0.15) is 0 Å². The topological polar surface area (TPSA) is 24.4 Å². The van der Waals surface area contributed by atoms with Gasteiger partial charge in [0.15, 0.2) is 5.17 Å². The maximum absolute atomic E-state index is 4.42. The van der Waals surface area contributed by atoms with Gasteiger partial charge in [-0.05, 0) is 18.8 Å². The molecule has 1 aliphatic rings. The molecule has 1 atom stereocenters. The van der Waals surface area contributed by atoms with Crippen molar-refractivity contribution < 1.29 is 0 Å². The van der Waals surface area contributed by atoms with Crippen LogP contribution in [0.2, 0.25) is 0 Å². The fourth-order valence-corrected chi connectivity index (χ4v) is 2.41. The molecule has 0 bridgehead atoms. The average Bonchev–Trinajstić information content (AvgIpc) is 2.04. The van der Waals surface area contributed by atoms with Gasteiger partial charge < -0.3 is 5.32 Å². The molecule has 0 spiro atoms. The molecule has 1 heterocycles. The highest BCUT2D eigenvalue weighted by Gasteiger charge is 2.28. The zero-order valence-corrected chi connectivity index (χ0v) is 9.87. The fraction of sp³-hybridized carbons (Fsp3) is 0.900. The van der Waals surface area contributed by atoms with Crippen LogP contribution in [-0.4, -0.2) is 23.5 Å². The van der Waals surface area contributed by atoms with E-state index in [9.17, 15) is 0 Å². The predicted octanol–water partition coefficient (Wildman–Crippen LogP) is 2.50. The number of aliphatic imine (C=N–C) groups is 1. The molecular formula is C10H20N2S. The first-order valence-electron chi connectivity index (χ1n) is 4.98. The average molecular weight is 200 g/mol. The van der Waals surface area contributed by atoms with Gasteiger partial charge in [0.05, 0.1) is 0 Å². The quantitative estimate of drug-likeness (QED) is 0.703. The number of thioether (sulfide) groups is 1. The Morgan fingerprint density at radius 3 is 2.77 bits per heavy atom. The summed E-state index contributed by atoms with van der Waals surface area (Å²) in [5.41, 5.74) is 0.343. The van der Waals surface area contributed by atoms with E-state index in [1.165, 1.54) is 12.2 Å². The first-order valence-corrected chi connectivity index (χ1v) is 5.96. The number of nitrogens with zero attached hydrogens (tertiary/aromatic N) is 1. The van der Waals surface area contributed by atoms with Gasteiger partial charge in [0.2, 0.25) is 0 Å². The summed E-state index contributed by atoms with van der Waals surface area (Å²) in [5, 5.41) is 4.64. The molecule has 3 heteroatoms. The van der Waals surface area contributed by atoms with Gasteiger partial charge in [-0.15, -0.1) is 0 Å². The fourth-order valence-electron chi connectivity index (χ4n) is 1.42. The van der Waals surface area contributed by atoms with E-state index in [0.717, 1.165) is 11.7 Å². The minimum atomic E-state index is 0.343. The maximum atomic E-state index is 4.42. The van der Waals surface area contributed by atoms with E-state index in [1.54, 1.807) is 0 Å². The largest absolute Gasteiger partial charge is 0.362 e. The van der Waals surface area contributed by atoms with Gasteiger partial charge in [-0.1, -0.05) is 32.5 Å². The molecule has 1 N–H and O–H groups in total. The Labute approximate surface area is 85.6 Å². The third kappa shape index (κ3) is 3.22. The zero-order valence-electron chi connectivity index (χ0n) is 9.05. The number of nitrogens with one attached hydrogen (secondary N) is 1. The van der Waals surface area contributed by atoms with E-state index in [4.69, 9.17) is 0 Å². The van der Waals surface area contributed by atoms with E-state index in [1.807, 2.05) is 11.8 Å². The van der Waals surface area contributed by atoms with Crippen LogP contribution < -0.4 is 5.32 Å². The van der Waals surface area contributed by atoms with Crippen LogP contribution in [0.1, 0.15) is 34.1 Å². The van der Waals surface area contributed by atoms with Crippen LogP contribution in [0.3, 0.4) is 0 Å². The van der Waals surface area contributed by atoms with E-state index in [-0.39, 0.29) is 0 Å². The lowest BCUT2D eigenvalue weighted by Gasteiger charge is -2.35. The van der Waals surface area contributed by atoms with E-state index in [0.29, 0.717) is 11.5 Å². The SMILES string of the molecule is CCN=C1NC(C(C)(C)C)CCS1. The third-order valence-electron chi connectivity index (χ3n) is 2.29. The minimum Gasteiger partial charge on any atom is -0.362 e. The van der Waals surface area contributed by atoms with Gasteiger partial charge in [0.1, 0.15) is 0 Å². The molecule has 0 aromatic heterocycles. The summed E-state index contributed by atoms with van der Waals surface area (Å²) < 4.78 is 0. The summed E-state index contributed by atoms with van der Waals surface area (Å²) >= 11 is 1.85. The number of hydrogen-bond donors (Lipinski definition) is 1. The molecule has 1 fully saturated rings. The Hall–Kier alpha value is -0.180. The van der Waals surface area contributed by atoms with Crippen molar-refractivity contribution in [3.05, 3.63) is 0 Å². The smallest absolute Gasteiger partial charge is 0.156 e. The zero-order chi connectivity index (χ0) is 9.90. The van der Waals surface area contributed by atoms with E-state index >= 15 is 0 Å². The molecule has 1 unspecified atom stereocenters. The van der Waals surface area contributed by atoms with Crippen molar-refractivity contribution in [2.45, 2.75) is 40.2 Å². The van der Waals surface area contributed by atoms with Gasteiger partial charge in [0.25, 0.3) is 0 Å². The molecule has 0 radical (unpaired) electrons. The molecular weight excluding hydrogens is 180 g/mol. The first-order chi connectivity index (χ1) is 6.04.